The molecule has 0 radical (unpaired) electrons. The van der Waals surface area contributed by atoms with Gasteiger partial charge in [0.05, 0.1) is 6.61 Å². The van der Waals surface area contributed by atoms with E-state index in [1.165, 1.54) is 24.3 Å². The molecule has 128 valence electrons. The second-order valence-electron chi connectivity index (χ2n) is 5.27. The highest BCUT2D eigenvalue weighted by molar-refractivity contribution is 5.78. The van der Waals surface area contributed by atoms with E-state index >= 15 is 0 Å². The average Bonchev–Trinajstić information content (AvgIpc) is 2.63. The van der Waals surface area contributed by atoms with Gasteiger partial charge in [-0.2, -0.15) is 0 Å². The van der Waals surface area contributed by atoms with E-state index in [1.54, 1.807) is 31.4 Å². The molecule has 0 saturated heterocycles. The van der Waals surface area contributed by atoms with Gasteiger partial charge in [-0.1, -0.05) is 0 Å². The van der Waals surface area contributed by atoms with E-state index in [0.29, 0.717) is 41.6 Å². The second-order valence-corrected chi connectivity index (χ2v) is 5.27. The minimum Gasteiger partial charge on any atom is -0.383 e. The van der Waals surface area contributed by atoms with E-state index < -0.39 is 0 Å². The largest absolute Gasteiger partial charge is 0.383 e. The topological polar surface area (TPSA) is 59.9 Å². The first-order chi connectivity index (χ1) is 12.2. The van der Waals surface area contributed by atoms with Crippen LogP contribution in [-0.4, -0.2) is 35.4 Å². The molecule has 0 aliphatic heterocycles. The summed E-state index contributed by atoms with van der Waals surface area (Å²) in [6.07, 6.45) is 0. The zero-order valence-corrected chi connectivity index (χ0v) is 13.5. The predicted molar refractivity (Wildman–Crippen MR) is 91.0 cm³/mol. The highest BCUT2D eigenvalue weighted by atomic mass is 19.1. The Labute approximate surface area is 143 Å². The molecule has 3 rings (SSSR count). The van der Waals surface area contributed by atoms with Gasteiger partial charge in [0.1, 0.15) is 23.0 Å². The summed E-state index contributed by atoms with van der Waals surface area (Å²) < 4.78 is 31.4. The zero-order valence-electron chi connectivity index (χ0n) is 13.5. The van der Waals surface area contributed by atoms with Crippen molar-refractivity contribution in [3.63, 3.8) is 0 Å². The van der Waals surface area contributed by atoms with Gasteiger partial charge in [-0.25, -0.2) is 13.8 Å². The van der Waals surface area contributed by atoms with Crippen LogP contribution in [0.4, 0.5) is 14.7 Å². The van der Waals surface area contributed by atoms with Crippen LogP contribution in [0.25, 0.3) is 22.5 Å². The summed E-state index contributed by atoms with van der Waals surface area (Å²) >= 11 is 0. The van der Waals surface area contributed by atoms with Gasteiger partial charge in [0, 0.05) is 24.8 Å². The van der Waals surface area contributed by atoms with Crippen LogP contribution < -0.4 is 5.32 Å². The highest BCUT2D eigenvalue weighted by Gasteiger charge is 2.14. The molecule has 0 bridgehead atoms. The predicted octanol–water partition coefficient (Wildman–Crippen LogP) is 3.54. The number of methoxy groups -OCH3 is 1. The van der Waals surface area contributed by atoms with Gasteiger partial charge in [-0.3, -0.25) is 0 Å². The first-order valence-electron chi connectivity index (χ1n) is 7.67. The third kappa shape index (κ3) is 4.13. The summed E-state index contributed by atoms with van der Waals surface area (Å²) in [5.74, 6) is -0.347. The van der Waals surface area contributed by atoms with Gasteiger partial charge in [0.25, 0.3) is 0 Å². The Kier molecular flexibility index (Phi) is 5.25. The summed E-state index contributed by atoms with van der Waals surface area (Å²) in [6.45, 7) is 1.02. The Balaban J connectivity index is 2.03. The summed E-state index contributed by atoms with van der Waals surface area (Å²) in [7, 11) is 1.60. The Bertz CT molecular complexity index is 839. The van der Waals surface area contributed by atoms with Crippen LogP contribution in [0.3, 0.4) is 0 Å². The van der Waals surface area contributed by atoms with Gasteiger partial charge >= 0.3 is 0 Å². The van der Waals surface area contributed by atoms with Gasteiger partial charge in [-0.05, 0) is 48.5 Å². The van der Waals surface area contributed by atoms with Crippen LogP contribution >= 0.6 is 0 Å². The monoisotopic (exact) mass is 342 g/mol. The molecule has 1 N–H and O–H groups in total. The Morgan fingerprint density at radius 3 is 1.96 bits per heavy atom. The number of hydrogen-bond donors (Lipinski definition) is 1. The fourth-order valence-corrected chi connectivity index (χ4v) is 2.28. The molecule has 1 heterocycles. The Morgan fingerprint density at radius 1 is 0.840 bits per heavy atom. The van der Waals surface area contributed by atoms with Crippen molar-refractivity contribution in [3.05, 3.63) is 60.2 Å². The highest BCUT2D eigenvalue weighted by Crippen LogP contribution is 2.29. The molecule has 0 saturated carbocycles. The van der Waals surface area contributed by atoms with Gasteiger partial charge in [0.15, 0.2) is 0 Å². The zero-order chi connectivity index (χ0) is 17.6. The van der Waals surface area contributed by atoms with Crippen LogP contribution in [0.2, 0.25) is 0 Å². The molecule has 25 heavy (non-hydrogen) atoms. The van der Waals surface area contributed by atoms with Gasteiger partial charge < -0.3 is 10.1 Å². The standard InChI is InChI=1S/C18H16F2N4O/c1-25-11-10-21-18-22-16(12-2-6-14(19)7-3-12)17(23-24-18)13-4-8-15(20)9-5-13/h2-9H,10-11H2,1H3,(H,21,22,24). The van der Waals surface area contributed by atoms with Crippen molar-refractivity contribution in [2.24, 2.45) is 0 Å². The van der Waals surface area contributed by atoms with Crippen molar-refractivity contribution in [1.29, 1.82) is 0 Å². The van der Waals surface area contributed by atoms with E-state index in [4.69, 9.17) is 4.74 Å². The fraction of sp³-hybridized carbons (Fsp3) is 0.167. The third-order valence-electron chi connectivity index (χ3n) is 3.51. The molecular weight excluding hydrogens is 326 g/mol. The van der Waals surface area contributed by atoms with Crippen molar-refractivity contribution < 1.29 is 13.5 Å². The summed E-state index contributed by atoms with van der Waals surface area (Å²) in [5, 5.41) is 11.3. The number of halogens is 2. The molecule has 0 aliphatic carbocycles. The van der Waals surface area contributed by atoms with Crippen molar-refractivity contribution in [3.8, 4) is 22.5 Å². The molecule has 1 aromatic heterocycles. The first kappa shape index (κ1) is 16.9. The molecule has 0 fully saturated rings. The molecule has 7 heteroatoms. The lowest BCUT2D eigenvalue weighted by Crippen LogP contribution is -2.12. The van der Waals surface area contributed by atoms with Gasteiger partial charge in [0.2, 0.25) is 5.95 Å². The molecule has 0 amide bonds. The number of anilines is 1. The molecule has 0 aliphatic rings. The smallest absolute Gasteiger partial charge is 0.243 e. The van der Waals surface area contributed by atoms with Crippen molar-refractivity contribution >= 4 is 5.95 Å². The summed E-state index contributed by atoms with van der Waals surface area (Å²) in [4.78, 5) is 4.49. The van der Waals surface area contributed by atoms with E-state index in [2.05, 4.69) is 20.5 Å². The Hall–Kier alpha value is -2.93. The fourth-order valence-electron chi connectivity index (χ4n) is 2.28. The summed E-state index contributed by atoms with van der Waals surface area (Å²) in [5.41, 5.74) is 2.38. The minimum absolute atomic E-state index is 0.335. The van der Waals surface area contributed by atoms with Crippen LogP contribution in [0.1, 0.15) is 0 Å². The molecular formula is C18H16F2N4O. The third-order valence-corrected chi connectivity index (χ3v) is 3.51. The number of aromatic nitrogens is 3. The van der Waals surface area contributed by atoms with E-state index in [0.717, 1.165) is 0 Å². The number of nitrogens with zero attached hydrogens (tertiary/aromatic N) is 3. The normalized spacial score (nSPS) is 10.7. The quantitative estimate of drug-likeness (QED) is 0.694. The maximum Gasteiger partial charge on any atom is 0.243 e. The lowest BCUT2D eigenvalue weighted by atomic mass is 10.0. The molecule has 0 unspecified atom stereocenters. The van der Waals surface area contributed by atoms with Crippen LogP contribution in [0.5, 0.6) is 0 Å². The lowest BCUT2D eigenvalue weighted by molar-refractivity contribution is 0.210. The lowest BCUT2D eigenvalue weighted by Gasteiger charge is -2.10. The second kappa shape index (κ2) is 7.76. The summed E-state index contributed by atoms with van der Waals surface area (Å²) in [6, 6.07) is 11.8. The molecule has 5 nitrogen and oxygen atoms in total. The maximum absolute atomic E-state index is 13.2. The number of benzene rings is 2. The van der Waals surface area contributed by atoms with E-state index in [1.807, 2.05) is 0 Å². The van der Waals surface area contributed by atoms with E-state index in [-0.39, 0.29) is 11.6 Å². The number of nitrogens with one attached hydrogen (secondary N) is 1. The van der Waals surface area contributed by atoms with E-state index in [9.17, 15) is 8.78 Å². The molecule has 0 spiro atoms. The molecule has 3 aromatic rings. The SMILES string of the molecule is COCCNc1nnc(-c2ccc(F)cc2)c(-c2ccc(F)cc2)n1. The first-order valence-corrected chi connectivity index (χ1v) is 7.67. The van der Waals surface area contributed by atoms with Crippen LogP contribution in [0, 0.1) is 11.6 Å². The van der Waals surface area contributed by atoms with Crippen LogP contribution in [-0.2, 0) is 4.74 Å². The Morgan fingerprint density at radius 2 is 1.40 bits per heavy atom. The van der Waals surface area contributed by atoms with Crippen LogP contribution in [0.15, 0.2) is 48.5 Å². The molecule has 2 aromatic carbocycles. The maximum atomic E-state index is 13.2. The number of ether oxygens (including phenoxy) is 1. The van der Waals surface area contributed by atoms with Crippen molar-refractivity contribution in [2.45, 2.75) is 0 Å². The van der Waals surface area contributed by atoms with Crippen molar-refractivity contribution in [1.82, 2.24) is 15.2 Å². The number of hydrogen-bond acceptors (Lipinski definition) is 5. The van der Waals surface area contributed by atoms with Crippen molar-refractivity contribution in [2.75, 3.05) is 25.6 Å². The molecule has 0 atom stereocenters. The number of rotatable bonds is 6. The van der Waals surface area contributed by atoms with Gasteiger partial charge in [-0.15, -0.1) is 10.2 Å². The minimum atomic E-state index is -0.342. The average molecular weight is 342 g/mol.